The zero-order valence-corrected chi connectivity index (χ0v) is 13.7. The minimum Gasteiger partial charge on any atom is -0.318 e. The molecular weight excluding hydrogens is 359 g/mol. The van der Waals surface area contributed by atoms with E-state index in [-0.39, 0.29) is 5.69 Å². The number of anilines is 1. The van der Waals surface area contributed by atoms with Crippen LogP contribution in [0.25, 0.3) is 22.2 Å². The van der Waals surface area contributed by atoms with Crippen LogP contribution in [0.15, 0.2) is 54.6 Å². The summed E-state index contributed by atoms with van der Waals surface area (Å²) >= 11 is 0. The van der Waals surface area contributed by atoms with Crippen molar-refractivity contribution in [1.29, 1.82) is 5.41 Å². The second kappa shape index (κ2) is 6.99. The number of ketones is 1. The van der Waals surface area contributed by atoms with E-state index >= 15 is 0 Å². The molecule has 0 unspecified atom stereocenters. The van der Waals surface area contributed by atoms with Gasteiger partial charge in [-0.05, 0) is 24.3 Å². The van der Waals surface area contributed by atoms with E-state index in [9.17, 15) is 22.8 Å². The maximum Gasteiger partial charge on any atom is 0.471 e. The Morgan fingerprint density at radius 1 is 1.04 bits per heavy atom. The molecule has 0 aliphatic heterocycles. The standard InChI is InChI=1S/C19H12F3N3O2/c20-19(21,22)18(27)24-12-7-5-11(6-8-12)16-9-14(17(26)10-23)13-3-1-2-4-15(13)25-16/h1-10,23H,(H,24,27). The van der Waals surface area contributed by atoms with Crippen molar-refractivity contribution in [2.24, 2.45) is 0 Å². The van der Waals surface area contributed by atoms with Crippen LogP contribution >= 0.6 is 0 Å². The van der Waals surface area contributed by atoms with Crippen molar-refractivity contribution >= 4 is 34.5 Å². The van der Waals surface area contributed by atoms with Gasteiger partial charge in [-0.3, -0.25) is 9.59 Å². The molecule has 1 amide bonds. The molecule has 2 N–H and O–H groups in total. The topological polar surface area (TPSA) is 82.9 Å². The highest BCUT2D eigenvalue weighted by Crippen LogP contribution is 2.26. The van der Waals surface area contributed by atoms with E-state index in [0.29, 0.717) is 33.9 Å². The van der Waals surface area contributed by atoms with Crippen molar-refractivity contribution in [1.82, 2.24) is 4.98 Å². The number of amides is 1. The highest BCUT2D eigenvalue weighted by molar-refractivity contribution is 6.37. The highest BCUT2D eigenvalue weighted by Gasteiger charge is 2.38. The van der Waals surface area contributed by atoms with Crippen LogP contribution in [-0.2, 0) is 4.79 Å². The number of benzene rings is 2. The van der Waals surface area contributed by atoms with Crippen molar-refractivity contribution < 1.29 is 22.8 Å². The summed E-state index contributed by atoms with van der Waals surface area (Å²) in [6.07, 6.45) is -4.26. The number of pyridine rings is 1. The monoisotopic (exact) mass is 371 g/mol. The molecule has 8 heteroatoms. The molecule has 0 spiro atoms. The Kier molecular flexibility index (Phi) is 4.72. The minimum atomic E-state index is -4.97. The molecule has 2 aromatic carbocycles. The summed E-state index contributed by atoms with van der Waals surface area (Å²) in [5, 5.41) is 9.57. The van der Waals surface area contributed by atoms with Gasteiger partial charge in [-0.25, -0.2) is 4.98 Å². The second-order valence-corrected chi connectivity index (χ2v) is 5.61. The smallest absolute Gasteiger partial charge is 0.318 e. The number of fused-ring (bicyclic) bond motifs is 1. The number of halogens is 3. The molecule has 5 nitrogen and oxygen atoms in total. The van der Waals surface area contributed by atoms with Crippen molar-refractivity contribution in [2.75, 3.05) is 5.32 Å². The summed E-state index contributed by atoms with van der Waals surface area (Å²) in [6, 6.07) is 14.1. The number of carbonyl (C=O) groups excluding carboxylic acids is 2. The van der Waals surface area contributed by atoms with Gasteiger partial charge in [0.25, 0.3) is 0 Å². The largest absolute Gasteiger partial charge is 0.471 e. The predicted molar refractivity (Wildman–Crippen MR) is 95.0 cm³/mol. The average molecular weight is 371 g/mol. The van der Waals surface area contributed by atoms with E-state index < -0.39 is 17.9 Å². The molecule has 1 heterocycles. The Hall–Kier alpha value is -3.55. The van der Waals surface area contributed by atoms with Gasteiger partial charge in [0.2, 0.25) is 5.78 Å². The number of alkyl halides is 3. The molecule has 0 atom stereocenters. The molecule has 0 aliphatic carbocycles. The fourth-order valence-electron chi connectivity index (χ4n) is 2.53. The molecule has 3 aromatic rings. The van der Waals surface area contributed by atoms with Gasteiger partial charge in [0.15, 0.2) is 0 Å². The van der Waals surface area contributed by atoms with Gasteiger partial charge in [0.05, 0.1) is 17.4 Å². The molecule has 3 rings (SSSR count). The molecule has 0 fully saturated rings. The number of para-hydroxylation sites is 1. The number of rotatable bonds is 4. The number of Topliss-reactive ketones (excluding diaryl/α,β-unsaturated/α-hetero) is 1. The SMILES string of the molecule is N=CC(=O)c1cc(-c2ccc(NC(=O)C(F)(F)F)cc2)nc2ccccc12. The van der Waals surface area contributed by atoms with Crippen LogP contribution in [0.4, 0.5) is 18.9 Å². The highest BCUT2D eigenvalue weighted by atomic mass is 19.4. The first-order valence-electron chi connectivity index (χ1n) is 7.73. The second-order valence-electron chi connectivity index (χ2n) is 5.61. The van der Waals surface area contributed by atoms with Crippen LogP contribution in [0, 0.1) is 5.41 Å². The lowest BCUT2D eigenvalue weighted by Crippen LogP contribution is -2.29. The Balaban J connectivity index is 1.99. The minimum absolute atomic E-state index is 0.0161. The van der Waals surface area contributed by atoms with Crippen molar-refractivity contribution in [2.45, 2.75) is 6.18 Å². The number of nitrogens with one attached hydrogen (secondary N) is 2. The Bertz CT molecular complexity index is 1040. The molecule has 136 valence electrons. The summed E-state index contributed by atoms with van der Waals surface area (Å²) in [5.41, 5.74) is 1.81. The molecule has 0 aliphatic rings. The van der Waals surface area contributed by atoms with E-state index in [1.165, 1.54) is 30.3 Å². The molecule has 0 saturated carbocycles. The van der Waals surface area contributed by atoms with Crippen molar-refractivity contribution in [3.05, 3.63) is 60.2 Å². The van der Waals surface area contributed by atoms with Crippen LogP contribution in [-0.4, -0.2) is 29.1 Å². The van der Waals surface area contributed by atoms with Gasteiger partial charge >= 0.3 is 12.1 Å². The molecule has 1 aromatic heterocycles. The summed E-state index contributed by atoms with van der Waals surface area (Å²) in [4.78, 5) is 27.5. The Morgan fingerprint density at radius 3 is 2.33 bits per heavy atom. The predicted octanol–water partition coefficient (Wildman–Crippen LogP) is 4.23. The van der Waals surface area contributed by atoms with Gasteiger partial charge in [0, 0.05) is 22.2 Å². The van der Waals surface area contributed by atoms with Crippen LogP contribution < -0.4 is 5.32 Å². The lowest BCUT2D eigenvalue weighted by atomic mass is 10.0. The van der Waals surface area contributed by atoms with E-state index in [1.54, 1.807) is 29.6 Å². The number of nitrogens with zero attached hydrogens (tertiary/aromatic N) is 1. The van der Waals surface area contributed by atoms with Crippen molar-refractivity contribution in [3.8, 4) is 11.3 Å². The summed E-state index contributed by atoms with van der Waals surface area (Å²) < 4.78 is 36.9. The fraction of sp³-hybridized carbons (Fsp3) is 0.0526. The van der Waals surface area contributed by atoms with E-state index in [4.69, 9.17) is 5.41 Å². The molecule has 27 heavy (non-hydrogen) atoms. The third kappa shape index (κ3) is 3.84. The van der Waals surface area contributed by atoms with Crippen LogP contribution in [0.5, 0.6) is 0 Å². The van der Waals surface area contributed by atoms with Crippen LogP contribution in [0.2, 0.25) is 0 Å². The molecule has 0 saturated heterocycles. The van der Waals surface area contributed by atoms with E-state index in [0.717, 1.165) is 0 Å². The normalized spacial score (nSPS) is 11.2. The first kappa shape index (κ1) is 18.2. The first-order valence-corrected chi connectivity index (χ1v) is 7.73. The van der Waals surface area contributed by atoms with E-state index in [2.05, 4.69) is 4.98 Å². The zero-order valence-electron chi connectivity index (χ0n) is 13.7. The van der Waals surface area contributed by atoms with Crippen LogP contribution in [0.1, 0.15) is 10.4 Å². The quantitative estimate of drug-likeness (QED) is 0.532. The van der Waals surface area contributed by atoms with Gasteiger partial charge in [-0.15, -0.1) is 0 Å². The van der Waals surface area contributed by atoms with Crippen molar-refractivity contribution in [3.63, 3.8) is 0 Å². The summed E-state index contributed by atoms with van der Waals surface area (Å²) in [5.74, 6) is -2.54. The Labute approximate surface area is 151 Å². The third-order valence-electron chi connectivity index (χ3n) is 3.81. The van der Waals surface area contributed by atoms with Gasteiger partial charge < -0.3 is 10.7 Å². The number of aromatic nitrogens is 1. The molecular formula is C19H12F3N3O2. The first-order chi connectivity index (χ1) is 12.8. The van der Waals surface area contributed by atoms with Gasteiger partial charge in [-0.1, -0.05) is 30.3 Å². The maximum atomic E-state index is 12.3. The summed E-state index contributed by atoms with van der Waals surface area (Å²) in [6.45, 7) is 0. The molecule has 0 radical (unpaired) electrons. The molecule has 0 bridgehead atoms. The fourth-order valence-corrected chi connectivity index (χ4v) is 2.53. The Morgan fingerprint density at radius 2 is 1.70 bits per heavy atom. The van der Waals surface area contributed by atoms with Gasteiger partial charge in [-0.2, -0.15) is 13.2 Å². The van der Waals surface area contributed by atoms with Crippen LogP contribution in [0.3, 0.4) is 0 Å². The number of carbonyl (C=O) groups is 2. The van der Waals surface area contributed by atoms with Gasteiger partial charge in [0.1, 0.15) is 0 Å². The third-order valence-corrected chi connectivity index (χ3v) is 3.81. The summed E-state index contributed by atoms with van der Waals surface area (Å²) in [7, 11) is 0. The van der Waals surface area contributed by atoms with E-state index in [1.807, 2.05) is 0 Å². The lowest BCUT2D eigenvalue weighted by molar-refractivity contribution is -0.167. The lowest BCUT2D eigenvalue weighted by Gasteiger charge is -2.10. The number of hydrogen-bond donors (Lipinski definition) is 2. The zero-order chi connectivity index (χ0) is 19.6. The average Bonchev–Trinajstić information content (AvgIpc) is 2.66. The maximum absolute atomic E-state index is 12.3. The number of hydrogen-bond acceptors (Lipinski definition) is 4.